The van der Waals surface area contributed by atoms with Crippen LogP contribution in [0.5, 0.6) is 5.88 Å². The number of rotatable bonds is 9. The Morgan fingerprint density at radius 2 is 1.71 bits per heavy atom. The minimum atomic E-state index is 0.144. The monoisotopic (exact) mass is 385 g/mol. The van der Waals surface area contributed by atoms with Gasteiger partial charge in [-0.25, -0.2) is 15.0 Å². The van der Waals surface area contributed by atoms with Gasteiger partial charge in [0.15, 0.2) is 5.82 Å². The normalized spacial score (nSPS) is 11.0. The van der Waals surface area contributed by atoms with E-state index in [2.05, 4.69) is 46.0 Å². The van der Waals surface area contributed by atoms with Crippen LogP contribution in [0.2, 0.25) is 0 Å². The van der Waals surface area contributed by atoms with E-state index in [1.54, 1.807) is 0 Å². The van der Waals surface area contributed by atoms with Gasteiger partial charge in [0.2, 0.25) is 0 Å². The third kappa shape index (κ3) is 4.54. The Kier molecular flexibility index (Phi) is 7.61. The van der Waals surface area contributed by atoms with Crippen molar-refractivity contribution in [1.29, 1.82) is 0 Å². The molecule has 0 aliphatic carbocycles. The van der Waals surface area contributed by atoms with Crippen molar-refractivity contribution < 1.29 is 4.74 Å². The van der Waals surface area contributed by atoms with Crippen molar-refractivity contribution in [2.24, 2.45) is 0 Å². The van der Waals surface area contributed by atoms with Crippen LogP contribution in [0, 0.1) is 6.92 Å². The Hall–Kier alpha value is -2.37. The topological polar surface area (TPSA) is 63.2 Å². The summed E-state index contributed by atoms with van der Waals surface area (Å²) in [6, 6.07) is 2.15. The lowest BCUT2D eigenvalue weighted by atomic mass is 9.98. The van der Waals surface area contributed by atoms with Crippen molar-refractivity contribution in [3.05, 3.63) is 23.0 Å². The number of hydrogen-bond donors (Lipinski definition) is 1. The number of aryl methyl sites for hydroxylation is 3. The Morgan fingerprint density at radius 3 is 2.21 bits per heavy atom. The first-order valence-electron chi connectivity index (χ1n) is 10.3. The number of anilines is 2. The average Bonchev–Trinajstić information content (AvgIpc) is 2.70. The maximum absolute atomic E-state index is 6.15. The number of aromatic nitrogens is 3. The summed E-state index contributed by atoms with van der Waals surface area (Å²) >= 11 is 0. The molecule has 0 aliphatic heterocycles. The predicted molar refractivity (Wildman–Crippen MR) is 118 cm³/mol. The second-order valence-electron chi connectivity index (χ2n) is 7.18. The van der Waals surface area contributed by atoms with E-state index in [1.165, 1.54) is 5.56 Å². The Morgan fingerprint density at radius 1 is 1.04 bits per heavy atom. The molecule has 2 aromatic heterocycles. The number of hydrogen-bond acceptors (Lipinski definition) is 6. The molecule has 0 saturated heterocycles. The molecule has 0 spiro atoms. The first-order valence-corrected chi connectivity index (χ1v) is 10.3. The molecule has 0 fully saturated rings. The van der Waals surface area contributed by atoms with Crippen molar-refractivity contribution in [2.75, 3.05) is 31.4 Å². The van der Waals surface area contributed by atoms with Gasteiger partial charge in [0.25, 0.3) is 5.88 Å². The molecule has 0 aromatic carbocycles. The first kappa shape index (κ1) is 21.9. The highest BCUT2D eigenvalue weighted by atomic mass is 16.5. The van der Waals surface area contributed by atoms with Crippen LogP contribution in [0.15, 0.2) is 6.07 Å². The van der Waals surface area contributed by atoms with Crippen LogP contribution in [0.1, 0.15) is 57.5 Å². The van der Waals surface area contributed by atoms with Gasteiger partial charge >= 0.3 is 0 Å². The lowest BCUT2D eigenvalue weighted by Crippen LogP contribution is -2.17. The molecule has 6 nitrogen and oxygen atoms in total. The van der Waals surface area contributed by atoms with Crippen molar-refractivity contribution in [3.8, 4) is 17.1 Å². The molecule has 2 heterocycles. The fourth-order valence-corrected chi connectivity index (χ4v) is 3.31. The van der Waals surface area contributed by atoms with E-state index in [1.807, 2.05) is 26.0 Å². The Balaban J connectivity index is 2.66. The Labute approximate surface area is 169 Å². The summed E-state index contributed by atoms with van der Waals surface area (Å²) < 4.78 is 6.15. The lowest BCUT2D eigenvalue weighted by Gasteiger charge is -2.21. The zero-order valence-corrected chi connectivity index (χ0v) is 18.7. The van der Waals surface area contributed by atoms with Gasteiger partial charge in [0.05, 0.1) is 11.4 Å². The minimum Gasteiger partial charge on any atom is -0.472 e. The third-order valence-electron chi connectivity index (χ3n) is 5.04. The fraction of sp³-hybridized carbons (Fsp3) is 0.591. The van der Waals surface area contributed by atoms with E-state index < -0.39 is 0 Å². The highest BCUT2D eigenvalue weighted by Crippen LogP contribution is 2.34. The van der Waals surface area contributed by atoms with Gasteiger partial charge in [-0.15, -0.1) is 0 Å². The van der Waals surface area contributed by atoms with Crippen molar-refractivity contribution in [1.82, 2.24) is 15.0 Å². The van der Waals surface area contributed by atoms with Gasteiger partial charge in [0.1, 0.15) is 11.9 Å². The van der Waals surface area contributed by atoms with E-state index >= 15 is 0 Å². The van der Waals surface area contributed by atoms with Crippen molar-refractivity contribution in [3.63, 3.8) is 0 Å². The fourth-order valence-electron chi connectivity index (χ4n) is 3.31. The molecule has 1 N–H and O–H groups in total. The summed E-state index contributed by atoms with van der Waals surface area (Å²) in [7, 11) is 5.89. The zero-order valence-electron chi connectivity index (χ0n) is 18.7. The molecule has 0 amide bonds. The van der Waals surface area contributed by atoms with Gasteiger partial charge in [-0.05, 0) is 44.2 Å². The molecule has 2 rings (SSSR count). The molecule has 28 heavy (non-hydrogen) atoms. The van der Waals surface area contributed by atoms with E-state index in [4.69, 9.17) is 19.7 Å². The SMILES string of the molecule is CCc1cc(N(C)C)nc(C)c1-c1nc(NC)c(OC(CC)CC)nc1CC. The zero-order chi connectivity index (χ0) is 20.8. The summed E-state index contributed by atoms with van der Waals surface area (Å²) in [4.78, 5) is 16.6. The molecule has 0 radical (unpaired) electrons. The third-order valence-corrected chi connectivity index (χ3v) is 5.04. The molecule has 0 atom stereocenters. The maximum Gasteiger partial charge on any atom is 0.257 e. The molecular weight excluding hydrogens is 350 g/mol. The van der Waals surface area contributed by atoms with Crippen LogP contribution in [-0.2, 0) is 12.8 Å². The number of pyridine rings is 1. The van der Waals surface area contributed by atoms with Gasteiger partial charge in [0, 0.05) is 32.4 Å². The second kappa shape index (κ2) is 9.71. The molecule has 0 saturated carbocycles. The van der Waals surface area contributed by atoms with Gasteiger partial charge in [-0.1, -0.05) is 27.7 Å². The van der Waals surface area contributed by atoms with Crippen LogP contribution in [0.3, 0.4) is 0 Å². The van der Waals surface area contributed by atoms with E-state index in [9.17, 15) is 0 Å². The summed E-state index contributed by atoms with van der Waals surface area (Å²) in [5, 5.41) is 3.17. The van der Waals surface area contributed by atoms with Gasteiger partial charge < -0.3 is 15.0 Å². The van der Waals surface area contributed by atoms with Crippen LogP contribution >= 0.6 is 0 Å². The standard InChI is InChI=1S/C22H35N5O/c1-9-15-13-18(27(7)8)24-14(5)19(15)20-17(12-4)25-22(21(23-6)26-20)28-16(10-2)11-3/h13,16H,9-12H2,1-8H3,(H,23,26). The summed E-state index contributed by atoms with van der Waals surface area (Å²) in [5.74, 6) is 2.23. The number of ether oxygens (including phenoxy) is 1. The molecule has 6 heteroatoms. The number of nitrogens with one attached hydrogen (secondary N) is 1. The summed E-state index contributed by atoms with van der Waals surface area (Å²) in [6.45, 7) is 10.6. The lowest BCUT2D eigenvalue weighted by molar-refractivity contribution is 0.185. The quantitative estimate of drug-likeness (QED) is 0.678. The molecular formula is C22H35N5O. The predicted octanol–water partition coefficient (Wildman–Crippen LogP) is 4.65. The number of nitrogens with zero attached hydrogens (tertiary/aromatic N) is 4. The van der Waals surface area contributed by atoms with E-state index in [0.717, 1.165) is 54.1 Å². The van der Waals surface area contributed by atoms with Crippen molar-refractivity contribution in [2.45, 2.75) is 66.4 Å². The highest BCUT2D eigenvalue weighted by Gasteiger charge is 2.21. The second-order valence-corrected chi connectivity index (χ2v) is 7.18. The molecule has 0 unspecified atom stereocenters. The van der Waals surface area contributed by atoms with Crippen LogP contribution in [0.4, 0.5) is 11.6 Å². The van der Waals surface area contributed by atoms with Crippen molar-refractivity contribution >= 4 is 11.6 Å². The molecule has 0 bridgehead atoms. The first-order chi connectivity index (χ1) is 13.4. The van der Waals surface area contributed by atoms with Gasteiger partial charge in [-0.3, -0.25) is 0 Å². The largest absolute Gasteiger partial charge is 0.472 e. The summed E-state index contributed by atoms with van der Waals surface area (Å²) in [5.41, 5.74) is 5.13. The van der Waals surface area contributed by atoms with E-state index in [0.29, 0.717) is 11.7 Å². The maximum atomic E-state index is 6.15. The highest BCUT2D eigenvalue weighted by molar-refractivity contribution is 5.72. The summed E-state index contributed by atoms with van der Waals surface area (Å²) in [6.07, 6.45) is 3.72. The molecule has 0 aliphatic rings. The van der Waals surface area contributed by atoms with Gasteiger partial charge in [-0.2, -0.15) is 0 Å². The molecule has 154 valence electrons. The molecule has 2 aromatic rings. The van der Waals surface area contributed by atoms with Crippen LogP contribution in [0.25, 0.3) is 11.3 Å². The average molecular weight is 386 g/mol. The Bertz CT molecular complexity index is 800. The van der Waals surface area contributed by atoms with Crippen LogP contribution < -0.4 is 15.0 Å². The smallest absolute Gasteiger partial charge is 0.257 e. The minimum absolute atomic E-state index is 0.144. The van der Waals surface area contributed by atoms with Crippen LogP contribution in [-0.4, -0.2) is 42.2 Å². The van der Waals surface area contributed by atoms with E-state index in [-0.39, 0.29) is 6.10 Å².